The van der Waals surface area contributed by atoms with Crippen molar-refractivity contribution in [3.8, 4) is 0 Å². The summed E-state index contributed by atoms with van der Waals surface area (Å²) in [5.74, 6) is 2.94. The summed E-state index contributed by atoms with van der Waals surface area (Å²) in [6, 6.07) is 8.73. The van der Waals surface area contributed by atoms with Crippen molar-refractivity contribution in [2.24, 2.45) is 12.0 Å². The van der Waals surface area contributed by atoms with Gasteiger partial charge in [0.15, 0.2) is 11.8 Å². The lowest BCUT2D eigenvalue weighted by Gasteiger charge is -2.27. The Balaban J connectivity index is 1.57. The summed E-state index contributed by atoms with van der Waals surface area (Å²) in [5.41, 5.74) is 2.61. The smallest absolute Gasteiger partial charge is 0.191 e. The molecule has 30 heavy (non-hydrogen) atoms. The Morgan fingerprint density at radius 3 is 2.53 bits per heavy atom. The Labute approximate surface area is 179 Å². The van der Waals surface area contributed by atoms with Crippen LogP contribution in [-0.4, -0.2) is 71.6 Å². The molecule has 0 radical (unpaired) electrons. The van der Waals surface area contributed by atoms with Gasteiger partial charge >= 0.3 is 0 Å². The van der Waals surface area contributed by atoms with E-state index in [0.29, 0.717) is 12.5 Å². The van der Waals surface area contributed by atoms with E-state index in [9.17, 15) is 0 Å². The maximum Gasteiger partial charge on any atom is 0.191 e. The molecular weight excluding hydrogens is 378 g/mol. The van der Waals surface area contributed by atoms with Crippen LogP contribution in [0.5, 0.6) is 0 Å². The van der Waals surface area contributed by atoms with Crippen LogP contribution < -0.4 is 10.6 Å². The number of aryl methyl sites for hydroxylation is 2. The van der Waals surface area contributed by atoms with Gasteiger partial charge in [-0.05, 0) is 25.3 Å². The topological polar surface area (TPSA) is 79.6 Å². The maximum atomic E-state index is 5.43. The average Bonchev–Trinajstić information content (AvgIpc) is 3.08. The number of rotatable bonds is 8. The van der Waals surface area contributed by atoms with E-state index in [1.807, 2.05) is 18.5 Å². The second-order valence-electron chi connectivity index (χ2n) is 7.96. The quantitative estimate of drug-likeness (QED) is 0.506. The van der Waals surface area contributed by atoms with Gasteiger partial charge < -0.3 is 19.9 Å². The standard InChI is InChI=1S/C22H35N7O/c1-17-5-7-20(8-6-17)18(2)15-24-22(23-9-10-29-11-13-30-14-12-29)25-16-21-27-26-19(3)28(21)4/h5-8,18H,9-16H2,1-4H3,(H2,23,24,25). The van der Waals surface area contributed by atoms with E-state index in [4.69, 9.17) is 9.73 Å². The van der Waals surface area contributed by atoms with Crippen LogP contribution >= 0.6 is 0 Å². The Morgan fingerprint density at radius 2 is 1.87 bits per heavy atom. The highest BCUT2D eigenvalue weighted by molar-refractivity contribution is 5.79. The van der Waals surface area contributed by atoms with Crippen molar-refractivity contribution < 1.29 is 4.74 Å². The third-order valence-electron chi connectivity index (χ3n) is 5.61. The fourth-order valence-corrected chi connectivity index (χ4v) is 3.33. The van der Waals surface area contributed by atoms with E-state index in [0.717, 1.165) is 63.5 Å². The van der Waals surface area contributed by atoms with Gasteiger partial charge in [-0.2, -0.15) is 0 Å². The van der Waals surface area contributed by atoms with Crippen molar-refractivity contribution in [2.75, 3.05) is 45.9 Å². The van der Waals surface area contributed by atoms with Crippen LogP contribution in [0.15, 0.2) is 29.3 Å². The minimum Gasteiger partial charge on any atom is -0.379 e. The Hall–Kier alpha value is -2.45. The zero-order valence-electron chi connectivity index (χ0n) is 18.7. The van der Waals surface area contributed by atoms with Crippen LogP contribution in [0.3, 0.4) is 0 Å². The molecule has 1 unspecified atom stereocenters. The van der Waals surface area contributed by atoms with Crippen molar-refractivity contribution in [1.82, 2.24) is 30.3 Å². The summed E-state index contributed by atoms with van der Waals surface area (Å²) in [4.78, 5) is 7.17. The van der Waals surface area contributed by atoms with E-state index in [1.165, 1.54) is 11.1 Å². The number of hydrogen-bond acceptors (Lipinski definition) is 5. The molecule has 0 bridgehead atoms. The van der Waals surface area contributed by atoms with Crippen LogP contribution in [0.2, 0.25) is 0 Å². The Kier molecular flexibility index (Phi) is 8.21. The Bertz CT molecular complexity index is 809. The predicted octanol–water partition coefficient (Wildman–Crippen LogP) is 1.60. The summed E-state index contributed by atoms with van der Waals surface area (Å²) in [7, 11) is 1.97. The molecule has 164 valence electrons. The fraction of sp³-hybridized carbons (Fsp3) is 0.591. The van der Waals surface area contributed by atoms with Gasteiger partial charge in [0, 0.05) is 39.8 Å². The number of morpholine rings is 1. The molecule has 0 spiro atoms. The molecule has 8 heteroatoms. The van der Waals surface area contributed by atoms with Gasteiger partial charge in [0.25, 0.3) is 0 Å². The summed E-state index contributed by atoms with van der Waals surface area (Å²) in [6.07, 6.45) is 0. The first-order valence-electron chi connectivity index (χ1n) is 10.8. The highest BCUT2D eigenvalue weighted by atomic mass is 16.5. The second-order valence-corrected chi connectivity index (χ2v) is 7.96. The van der Waals surface area contributed by atoms with Gasteiger partial charge in [0.1, 0.15) is 12.4 Å². The van der Waals surface area contributed by atoms with Crippen molar-refractivity contribution in [1.29, 1.82) is 0 Å². The summed E-state index contributed by atoms with van der Waals surface area (Å²) in [5, 5.41) is 15.3. The molecule has 1 atom stereocenters. The van der Waals surface area contributed by atoms with Crippen LogP contribution in [0, 0.1) is 13.8 Å². The summed E-state index contributed by atoms with van der Waals surface area (Å²) in [6.45, 7) is 13.0. The van der Waals surface area contributed by atoms with E-state index >= 15 is 0 Å². The number of hydrogen-bond donors (Lipinski definition) is 2. The van der Waals surface area contributed by atoms with Gasteiger partial charge in [0.05, 0.1) is 13.2 Å². The SMILES string of the molecule is Cc1ccc(C(C)CNC(=NCc2nnc(C)n2C)NCCN2CCOCC2)cc1. The predicted molar refractivity (Wildman–Crippen MR) is 120 cm³/mol. The van der Waals surface area contributed by atoms with Crippen LogP contribution in [0.1, 0.15) is 35.6 Å². The number of ether oxygens (including phenoxy) is 1. The lowest BCUT2D eigenvalue weighted by atomic mass is 10.0. The molecule has 0 saturated carbocycles. The summed E-state index contributed by atoms with van der Waals surface area (Å²) < 4.78 is 7.40. The third kappa shape index (κ3) is 6.53. The highest BCUT2D eigenvalue weighted by Gasteiger charge is 2.11. The highest BCUT2D eigenvalue weighted by Crippen LogP contribution is 2.14. The largest absolute Gasteiger partial charge is 0.379 e. The van der Waals surface area contributed by atoms with Gasteiger partial charge in [0.2, 0.25) is 0 Å². The molecule has 2 heterocycles. The minimum atomic E-state index is 0.383. The lowest BCUT2D eigenvalue weighted by Crippen LogP contribution is -2.45. The maximum absolute atomic E-state index is 5.43. The zero-order valence-corrected chi connectivity index (χ0v) is 18.7. The molecule has 2 aromatic rings. The molecular formula is C22H35N7O. The van der Waals surface area contributed by atoms with Gasteiger partial charge in [-0.1, -0.05) is 36.8 Å². The van der Waals surface area contributed by atoms with E-state index in [2.05, 4.69) is 63.8 Å². The van der Waals surface area contributed by atoms with Crippen LogP contribution in [-0.2, 0) is 18.3 Å². The van der Waals surface area contributed by atoms with E-state index < -0.39 is 0 Å². The molecule has 8 nitrogen and oxygen atoms in total. The van der Waals surface area contributed by atoms with Gasteiger partial charge in [-0.15, -0.1) is 10.2 Å². The van der Waals surface area contributed by atoms with E-state index in [1.54, 1.807) is 0 Å². The van der Waals surface area contributed by atoms with Crippen molar-refractivity contribution in [2.45, 2.75) is 33.2 Å². The summed E-state index contributed by atoms with van der Waals surface area (Å²) >= 11 is 0. The first kappa shape index (κ1) is 22.2. The molecule has 3 rings (SSSR count). The van der Waals surface area contributed by atoms with Crippen LogP contribution in [0.4, 0.5) is 0 Å². The number of nitrogens with one attached hydrogen (secondary N) is 2. The number of nitrogens with zero attached hydrogens (tertiary/aromatic N) is 5. The normalized spacial score (nSPS) is 16.5. The lowest BCUT2D eigenvalue weighted by molar-refractivity contribution is 0.0389. The van der Waals surface area contributed by atoms with Crippen molar-refractivity contribution in [3.05, 3.63) is 47.0 Å². The zero-order chi connectivity index (χ0) is 21.3. The number of aliphatic imine (C=N–C) groups is 1. The number of aromatic nitrogens is 3. The average molecular weight is 414 g/mol. The molecule has 1 aliphatic rings. The molecule has 1 aromatic carbocycles. The fourth-order valence-electron chi connectivity index (χ4n) is 3.33. The van der Waals surface area contributed by atoms with Crippen molar-refractivity contribution in [3.63, 3.8) is 0 Å². The molecule has 2 N–H and O–H groups in total. The molecule has 1 saturated heterocycles. The molecule has 1 fully saturated rings. The van der Waals surface area contributed by atoms with Gasteiger partial charge in [-0.3, -0.25) is 4.90 Å². The molecule has 1 aromatic heterocycles. The van der Waals surface area contributed by atoms with E-state index in [-0.39, 0.29) is 0 Å². The van der Waals surface area contributed by atoms with Gasteiger partial charge in [-0.25, -0.2) is 4.99 Å². The first-order valence-corrected chi connectivity index (χ1v) is 10.8. The van der Waals surface area contributed by atoms with Crippen molar-refractivity contribution >= 4 is 5.96 Å². The second kappa shape index (κ2) is 11.1. The first-order chi connectivity index (χ1) is 14.5. The third-order valence-corrected chi connectivity index (χ3v) is 5.61. The molecule has 0 amide bonds. The minimum absolute atomic E-state index is 0.383. The monoisotopic (exact) mass is 413 g/mol. The molecule has 1 aliphatic heterocycles. The number of guanidine groups is 1. The number of benzene rings is 1. The molecule has 0 aliphatic carbocycles. The Morgan fingerprint density at radius 1 is 1.13 bits per heavy atom. The van der Waals surface area contributed by atoms with Crippen LogP contribution in [0.25, 0.3) is 0 Å².